The van der Waals surface area contributed by atoms with Gasteiger partial charge >= 0.3 is 0 Å². The second-order valence-electron chi connectivity index (χ2n) is 5.86. The van der Waals surface area contributed by atoms with Gasteiger partial charge in [0.15, 0.2) is 0 Å². The van der Waals surface area contributed by atoms with Gasteiger partial charge in [-0.1, -0.05) is 30.1 Å². The summed E-state index contributed by atoms with van der Waals surface area (Å²) in [5.41, 5.74) is 0. The smallest absolute Gasteiger partial charge is 0.147 e. The number of fused-ring (bicyclic) bond motifs is 1. The summed E-state index contributed by atoms with van der Waals surface area (Å²) in [5, 5.41) is 7.96. The molecule has 0 spiro atoms. The van der Waals surface area contributed by atoms with Gasteiger partial charge in [0.05, 0.1) is 10.0 Å². The van der Waals surface area contributed by atoms with Crippen LogP contribution in [0.15, 0.2) is 6.07 Å². The van der Waals surface area contributed by atoms with Crippen LogP contribution in [0.1, 0.15) is 32.6 Å². The summed E-state index contributed by atoms with van der Waals surface area (Å²) < 4.78 is 0. The number of pyridine rings is 1. The van der Waals surface area contributed by atoms with Crippen LogP contribution < -0.4 is 10.6 Å². The van der Waals surface area contributed by atoms with E-state index in [2.05, 4.69) is 27.4 Å². The quantitative estimate of drug-likeness (QED) is 0.861. The molecule has 6 heteroatoms. The average molecular weight is 329 g/mol. The zero-order valence-electron chi connectivity index (χ0n) is 12.3. The lowest BCUT2D eigenvalue weighted by Gasteiger charge is -2.22. The summed E-state index contributed by atoms with van der Waals surface area (Å²) in [4.78, 5) is 7.15. The zero-order chi connectivity index (χ0) is 14.8. The van der Waals surface area contributed by atoms with E-state index in [1.165, 1.54) is 25.9 Å². The highest BCUT2D eigenvalue weighted by Crippen LogP contribution is 2.34. The lowest BCUT2D eigenvalue weighted by atomic mass is 10.1. The van der Waals surface area contributed by atoms with Gasteiger partial charge in [-0.05, 0) is 38.3 Å². The van der Waals surface area contributed by atoms with Crippen molar-refractivity contribution < 1.29 is 0 Å². The van der Waals surface area contributed by atoms with E-state index in [0.717, 1.165) is 25.2 Å². The third-order valence-electron chi connectivity index (χ3n) is 4.40. The first kappa shape index (κ1) is 15.2. The lowest BCUT2D eigenvalue weighted by Crippen LogP contribution is -2.34. The Balaban J connectivity index is 1.75. The van der Waals surface area contributed by atoms with E-state index < -0.39 is 0 Å². The van der Waals surface area contributed by atoms with Crippen LogP contribution in [0.4, 0.5) is 11.6 Å². The Bertz CT molecular complexity index is 509. The van der Waals surface area contributed by atoms with Crippen molar-refractivity contribution in [3.05, 3.63) is 16.1 Å². The Morgan fingerprint density at radius 1 is 1.24 bits per heavy atom. The summed E-state index contributed by atoms with van der Waals surface area (Å²) >= 11 is 12.5. The summed E-state index contributed by atoms with van der Waals surface area (Å²) in [7, 11) is 0. The van der Waals surface area contributed by atoms with E-state index in [0.29, 0.717) is 27.9 Å². The number of hydrogen-bond donors (Lipinski definition) is 2. The molecule has 21 heavy (non-hydrogen) atoms. The van der Waals surface area contributed by atoms with Gasteiger partial charge in [-0.25, -0.2) is 4.98 Å². The van der Waals surface area contributed by atoms with Gasteiger partial charge in [-0.15, -0.1) is 0 Å². The molecule has 2 unspecified atom stereocenters. The first-order chi connectivity index (χ1) is 10.2. The highest BCUT2D eigenvalue weighted by Gasteiger charge is 2.37. The normalized spacial score (nSPS) is 25.1. The zero-order valence-corrected chi connectivity index (χ0v) is 13.8. The van der Waals surface area contributed by atoms with E-state index in [1.807, 2.05) is 0 Å². The molecule has 3 heterocycles. The van der Waals surface area contributed by atoms with Crippen molar-refractivity contribution in [1.82, 2.24) is 9.88 Å². The summed E-state index contributed by atoms with van der Waals surface area (Å²) in [6.45, 7) is 5.37. The first-order valence-corrected chi connectivity index (χ1v) is 8.55. The third-order valence-corrected chi connectivity index (χ3v) is 4.98. The van der Waals surface area contributed by atoms with Crippen molar-refractivity contribution in [3.8, 4) is 0 Å². The number of rotatable bonds is 5. The highest BCUT2D eigenvalue weighted by atomic mass is 35.5. The molecule has 2 aliphatic rings. The Labute approximate surface area is 136 Å². The van der Waals surface area contributed by atoms with Crippen molar-refractivity contribution in [1.29, 1.82) is 0 Å². The molecule has 0 saturated carbocycles. The highest BCUT2D eigenvalue weighted by molar-refractivity contribution is 6.37. The van der Waals surface area contributed by atoms with Gasteiger partial charge in [0, 0.05) is 25.2 Å². The second-order valence-corrected chi connectivity index (χ2v) is 6.68. The molecular weight excluding hydrogens is 307 g/mol. The van der Waals surface area contributed by atoms with Crippen LogP contribution in [0.25, 0.3) is 0 Å². The van der Waals surface area contributed by atoms with Gasteiger partial charge in [0.2, 0.25) is 0 Å². The fourth-order valence-electron chi connectivity index (χ4n) is 3.36. The number of nitrogens with one attached hydrogen (secondary N) is 2. The molecule has 0 aromatic carbocycles. The maximum atomic E-state index is 6.31. The third kappa shape index (κ3) is 3.22. The molecule has 2 N–H and O–H groups in total. The standard InChI is InChI=1S/C15H22Cl2N4/c1-2-6-18-14-10(16)9-11(17)15(20-14)19-12-5-8-21-7-3-4-13(12)21/h9,12-13H,2-8H2,1H3,(H2,18,19,20). The predicted octanol–water partition coefficient (Wildman–Crippen LogP) is 3.86. The van der Waals surface area contributed by atoms with Crippen LogP contribution in [0.5, 0.6) is 0 Å². The maximum Gasteiger partial charge on any atom is 0.147 e. The molecular formula is C15H22Cl2N4. The molecule has 4 nitrogen and oxygen atoms in total. The molecule has 0 amide bonds. The Morgan fingerprint density at radius 3 is 2.86 bits per heavy atom. The van der Waals surface area contributed by atoms with Crippen molar-refractivity contribution in [2.24, 2.45) is 0 Å². The first-order valence-electron chi connectivity index (χ1n) is 7.79. The van der Waals surface area contributed by atoms with Gasteiger partial charge in [-0.3, -0.25) is 4.90 Å². The van der Waals surface area contributed by atoms with Crippen LogP contribution in [0.3, 0.4) is 0 Å². The van der Waals surface area contributed by atoms with Crippen LogP contribution >= 0.6 is 23.2 Å². The molecule has 116 valence electrons. The van der Waals surface area contributed by atoms with Crippen molar-refractivity contribution in [2.45, 2.75) is 44.7 Å². The second kappa shape index (κ2) is 6.59. The minimum atomic E-state index is 0.442. The van der Waals surface area contributed by atoms with E-state index >= 15 is 0 Å². The summed E-state index contributed by atoms with van der Waals surface area (Å²) in [5.74, 6) is 1.46. The predicted molar refractivity (Wildman–Crippen MR) is 89.7 cm³/mol. The molecule has 0 bridgehead atoms. The van der Waals surface area contributed by atoms with Gasteiger partial charge in [0.1, 0.15) is 11.6 Å². The molecule has 1 aromatic rings. The van der Waals surface area contributed by atoms with Crippen LogP contribution in [0.2, 0.25) is 10.0 Å². The monoisotopic (exact) mass is 328 g/mol. The van der Waals surface area contributed by atoms with Crippen molar-refractivity contribution >= 4 is 34.8 Å². The molecule has 0 aliphatic carbocycles. The molecule has 3 rings (SSSR count). The number of anilines is 2. The summed E-state index contributed by atoms with van der Waals surface area (Å²) in [6, 6.07) is 2.85. The summed E-state index contributed by atoms with van der Waals surface area (Å²) in [6.07, 6.45) is 4.75. The molecule has 2 atom stereocenters. The van der Waals surface area contributed by atoms with Gasteiger partial charge < -0.3 is 10.6 Å². The van der Waals surface area contributed by atoms with Crippen molar-refractivity contribution in [3.63, 3.8) is 0 Å². The van der Waals surface area contributed by atoms with Crippen LogP contribution in [-0.4, -0.2) is 41.6 Å². The van der Waals surface area contributed by atoms with Gasteiger partial charge in [-0.2, -0.15) is 0 Å². The Kier molecular flexibility index (Phi) is 4.77. The Morgan fingerprint density at radius 2 is 2.05 bits per heavy atom. The van der Waals surface area contributed by atoms with Crippen molar-refractivity contribution in [2.75, 3.05) is 30.3 Å². The minimum Gasteiger partial charge on any atom is -0.369 e. The lowest BCUT2D eigenvalue weighted by molar-refractivity contribution is 0.318. The van der Waals surface area contributed by atoms with Crippen LogP contribution in [0, 0.1) is 0 Å². The van der Waals surface area contributed by atoms with E-state index in [4.69, 9.17) is 23.2 Å². The average Bonchev–Trinajstić information content (AvgIpc) is 3.05. The fourth-order valence-corrected chi connectivity index (χ4v) is 3.84. The number of hydrogen-bond acceptors (Lipinski definition) is 4. The van der Waals surface area contributed by atoms with E-state index in [9.17, 15) is 0 Å². The molecule has 2 fully saturated rings. The SMILES string of the molecule is CCCNc1nc(NC2CCN3CCCC23)c(Cl)cc1Cl. The fraction of sp³-hybridized carbons (Fsp3) is 0.667. The van der Waals surface area contributed by atoms with E-state index in [1.54, 1.807) is 6.07 Å². The molecule has 2 aliphatic heterocycles. The Hall–Kier alpha value is -0.710. The van der Waals surface area contributed by atoms with E-state index in [-0.39, 0.29) is 0 Å². The minimum absolute atomic E-state index is 0.442. The molecule has 0 radical (unpaired) electrons. The maximum absolute atomic E-state index is 6.31. The number of aromatic nitrogens is 1. The molecule has 2 saturated heterocycles. The molecule has 1 aromatic heterocycles. The van der Waals surface area contributed by atoms with Crippen LogP contribution in [-0.2, 0) is 0 Å². The largest absolute Gasteiger partial charge is 0.369 e. The van der Waals surface area contributed by atoms with Gasteiger partial charge in [0.25, 0.3) is 0 Å². The number of nitrogens with zero attached hydrogens (tertiary/aromatic N) is 2. The topological polar surface area (TPSA) is 40.2 Å². The number of halogens is 2.